The molecule has 2 aromatic carbocycles. The zero-order valence-corrected chi connectivity index (χ0v) is 16.4. The molecule has 0 spiro atoms. The van der Waals surface area contributed by atoms with E-state index in [1.54, 1.807) is 35.9 Å². The van der Waals surface area contributed by atoms with Crippen LogP contribution in [0.15, 0.2) is 48.5 Å². The van der Waals surface area contributed by atoms with E-state index in [1.807, 2.05) is 12.1 Å². The molecule has 1 atom stereocenters. The number of carboxylic acid groups (broad SMARTS) is 1. The third kappa shape index (κ3) is 4.82. The summed E-state index contributed by atoms with van der Waals surface area (Å²) in [7, 11) is 0. The second-order valence-corrected chi connectivity index (χ2v) is 7.18. The van der Waals surface area contributed by atoms with Crippen LogP contribution in [-0.2, 0) is 13.2 Å². The second kappa shape index (κ2) is 8.63. The molecule has 5 nitrogen and oxygen atoms in total. The number of hydrogen-bond acceptors (Lipinski definition) is 3. The van der Waals surface area contributed by atoms with Crippen molar-refractivity contribution in [1.29, 1.82) is 0 Å². The number of rotatable bonds is 7. The highest BCUT2D eigenvalue weighted by Gasteiger charge is 2.15. The van der Waals surface area contributed by atoms with Gasteiger partial charge in [0.05, 0.1) is 11.9 Å². The van der Waals surface area contributed by atoms with Gasteiger partial charge in [0.15, 0.2) is 5.69 Å². The van der Waals surface area contributed by atoms with Crippen LogP contribution in [-0.4, -0.2) is 20.9 Å². The second-order valence-electron chi connectivity index (χ2n) is 6.22. The van der Waals surface area contributed by atoms with Crippen molar-refractivity contribution < 1.29 is 19.0 Å². The molecule has 3 aromatic rings. The maximum Gasteiger partial charge on any atom is 0.356 e. The number of carboxylic acids is 1. The third-order valence-electron chi connectivity index (χ3n) is 4.18. The molecule has 0 aliphatic heterocycles. The highest BCUT2D eigenvalue weighted by atomic mass is 35.5. The first-order valence-electron chi connectivity index (χ1n) is 8.42. The van der Waals surface area contributed by atoms with Crippen molar-refractivity contribution in [3.8, 4) is 5.75 Å². The summed E-state index contributed by atoms with van der Waals surface area (Å²) in [6, 6.07) is 13.0. The Morgan fingerprint density at radius 1 is 1.25 bits per heavy atom. The van der Waals surface area contributed by atoms with E-state index in [2.05, 4.69) is 5.10 Å². The van der Waals surface area contributed by atoms with Gasteiger partial charge < -0.3 is 9.84 Å². The SMILES string of the molecule is Cc1cc(C(=O)O)nn1CC(Cl)c1ccc(OCc2ccc(Cl)cc2F)cc1. The van der Waals surface area contributed by atoms with Gasteiger partial charge in [0.2, 0.25) is 0 Å². The summed E-state index contributed by atoms with van der Waals surface area (Å²) in [4.78, 5) is 11.0. The predicted octanol–water partition coefficient (Wildman–Crippen LogP) is 5.24. The minimum atomic E-state index is -1.08. The average Bonchev–Trinajstić information content (AvgIpc) is 3.02. The molecule has 0 saturated carbocycles. The van der Waals surface area contributed by atoms with Gasteiger partial charge in [-0.1, -0.05) is 29.8 Å². The van der Waals surface area contributed by atoms with Gasteiger partial charge in [0.1, 0.15) is 18.2 Å². The zero-order valence-electron chi connectivity index (χ0n) is 14.9. The van der Waals surface area contributed by atoms with Crippen molar-refractivity contribution >= 4 is 29.2 Å². The van der Waals surface area contributed by atoms with Crippen LogP contribution in [0.4, 0.5) is 4.39 Å². The molecule has 146 valence electrons. The first-order valence-corrected chi connectivity index (χ1v) is 9.23. The van der Waals surface area contributed by atoms with Gasteiger partial charge in [-0.3, -0.25) is 4.68 Å². The lowest BCUT2D eigenvalue weighted by Gasteiger charge is -2.13. The van der Waals surface area contributed by atoms with Gasteiger partial charge in [-0.25, -0.2) is 9.18 Å². The van der Waals surface area contributed by atoms with Gasteiger partial charge >= 0.3 is 5.97 Å². The Hall–Kier alpha value is -2.57. The molecule has 1 unspecified atom stereocenters. The molecule has 0 bridgehead atoms. The van der Waals surface area contributed by atoms with Crippen LogP contribution in [0.2, 0.25) is 5.02 Å². The number of aromatic carboxylic acids is 1. The summed E-state index contributed by atoms with van der Waals surface area (Å²) in [6.45, 7) is 2.18. The molecule has 0 amide bonds. The summed E-state index contributed by atoms with van der Waals surface area (Å²) >= 11 is 12.2. The van der Waals surface area contributed by atoms with Crippen LogP contribution in [0.1, 0.15) is 32.7 Å². The number of ether oxygens (including phenoxy) is 1. The lowest BCUT2D eigenvalue weighted by molar-refractivity contribution is 0.0689. The van der Waals surface area contributed by atoms with Crippen LogP contribution in [0.25, 0.3) is 0 Å². The summed E-state index contributed by atoms with van der Waals surface area (Å²) in [5.41, 5.74) is 1.94. The standard InChI is InChI=1S/C20H17Cl2FN2O3/c1-12-8-19(20(26)27)24-25(12)10-17(22)13-3-6-16(7-4-13)28-11-14-2-5-15(21)9-18(14)23/h2-9,17H,10-11H2,1H3,(H,26,27). The molecule has 1 N–H and O–H groups in total. The number of nitrogens with zero attached hydrogens (tertiary/aromatic N) is 2. The van der Waals surface area contributed by atoms with Crippen LogP contribution >= 0.6 is 23.2 Å². The van der Waals surface area contributed by atoms with Crippen molar-refractivity contribution in [3.63, 3.8) is 0 Å². The van der Waals surface area contributed by atoms with Crippen molar-refractivity contribution in [2.45, 2.75) is 25.5 Å². The normalized spacial score (nSPS) is 12.0. The van der Waals surface area contributed by atoms with Crippen molar-refractivity contribution in [2.75, 3.05) is 0 Å². The summed E-state index contributed by atoms with van der Waals surface area (Å²) in [5.74, 6) is -0.919. The molecule has 1 heterocycles. The molecule has 0 aliphatic rings. The molecule has 0 radical (unpaired) electrons. The van der Waals surface area contributed by atoms with Gasteiger partial charge in [-0.2, -0.15) is 5.10 Å². The molecular weight excluding hydrogens is 406 g/mol. The van der Waals surface area contributed by atoms with E-state index in [0.29, 0.717) is 28.6 Å². The number of carbonyl (C=O) groups is 1. The lowest BCUT2D eigenvalue weighted by atomic mass is 10.1. The average molecular weight is 423 g/mol. The van der Waals surface area contributed by atoms with E-state index in [0.717, 1.165) is 5.56 Å². The Balaban J connectivity index is 1.62. The summed E-state index contributed by atoms with van der Waals surface area (Å²) in [6.07, 6.45) is 0. The van der Waals surface area contributed by atoms with Gasteiger partial charge in [0.25, 0.3) is 0 Å². The van der Waals surface area contributed by atoms with Crippen LogP contribution in [0, 0.1) is 12.7 Å². The molecule has 3 rings (SSSR count). The Morgan fingerprint density at radius 2 is 1.96 bits per heavy atom. The van der Waals surface area contributed by atoms with Crippen LogP contribution < -0.4 is 4.74 Å². The Morgan fingerprint density at radius 3 is 2.57 bits per heavy atom. The van der Waals surface area contributed by atoms with E-state index in [4.69, 9.17) is 33.0 Å². The third-order valence-corrected chi connectivity index (χ3v) is 4.81. The largest absolute Gasteiger partial charge is 0.489 e. The minimum Gasteiger partial charge on any atom is -0.489 e. The minimum absolute atomic E-state index is 0.0143. The molecule has 8 heteroatoms. The molecule has 0 saturated heterocycles. The lowest BCUT2D eigenvalue weighted by Crippen LogP contribution is -2.09. The highest BCUT2D eigenvalue weighted by Crippen LogP contribution is 2.26. The van der Waals surface area contributed by atoms with Crippen LogP contribution in [0.5, 0.6) is 5.75 Å². The van der Waals surface area contributed by atoms with E-state index in [-0.39, 0.29) is 12.3 Å². The van der Waals surface area contributed by atoms with Crippen LogP contribution in [0.3, 0.4) is 0 Å². The van der Waals surface area contributed by atoms with Crippen molar-refractivity contribution in [3.05, 3.63) is 81.9 Å². The fourth-order valence-corrected chi connectivity index (χ4v) is 3.06. The van der Waals surface area contributed by atoms with Gasteiger partial charge in [0, 0.05) is 16.3 Å². The van der Waals surface area contributed by atoms with E-state index >= 15 is 0 Å². The van der Waals surface area contributed by atoms with E-state index in [1.165, 1.54) is 12.1 Å². The highest BCUT2D eigenvalue weighted by molar-refractivity contribution is 6.30. The number of alkyl halides is 1. The molecule has 1 aromatic heterocycles. The zero-order chi connectivity index (χ0) is 20.3. The quantitative estimate of drug-likeness (QED) is 0.528. The number of halogens is 3. The number of aryl methyl sites for hydroxylation is 1. The molecular formula is C20H17Cl2FN2O3. The summed E-state index contributed by atoms with van der Waals surface area (Å²) < 4.78 is 21.0. The van der Waals surface area contributed by atoms with Crippen molar-refractivity contribution in [2.24, 2.45) is 0 Å². The smallest absolute Gasteiger partial charge is 0.356 e. The first kappa shape index (κ1) is 20.2. The monoisotopic (exact) mass is 422 g/mol. The Labute approximate surface area is 171 Å². The molecule has 28 heavy (non-hydrogen) atoms. The molecule has 0 fully saturated rings. The number of benzene rings is 2. The maximum absolute atomic E-state index is 13.8. The van der Waals surface area contributed by atoms with Gasteiger partial charge in [-0.15, -0.1) is 11.6 Å². The first-order chi connectivity index (χ1) is 13.3. The fraction of sp³-hybridized carbons (Fsp3) is 0.200. The Bertz CT molecular complexity index is 990. The Kier molecular flexibility index (Phi) is 6.21. The number of aromatic nitrogens is 2. The maximum atomic E-state index is 13.8. The van der Waals surface area contributed by atoms with Crippen molar-refractivity contribution in [1.82, 2.24) is 9.78 Å². The van der Waals surface area contributed by atoms with E-state index in [9.17, 15) is 9.18 Å². The fourth-order valence-electron chi connectivity index (χ4n) is 2.63. The summed E-state index contributed by atoms with van der Waals surface area (Å²) in [5, 5.41) is 13.0. The molecule has 0 aliphatic carbocycles. The predicted molar refractivity (Wildman–Crippen MR) is 105 cm³/mol. The van der Waals surface area contributed by atoms with Gasteiger partial charge in [-0.05, 0) is 42.8 Å². The van der Waals surface area contributed by atoms with E-state index < -0.39 is 17.2 Å². The number of hydrogen-bond donors (Lipinski definition) is 1. The topological polar surface area (TPSA) is 64.3 Å².